The van der Waals surface area contributed by atoms with E-state index in [-0.39, 0.29) is 155 Å². The van der Waals surface area contributed by atoms with Crippen molar-refractivity contribution in [3.8, 4) is 0 Å². The summed E-state index contributed by atoms with van der Waals surface area (Å²) in [5.41, 5.74) is -6.33. The molecule has 0 atom stereocenters. The number of hydrogen-bond donors (Lipinski definition) is 12. The first-order chi connectivity index (χ1) is 70.4. The summed E-state index contributed by atoms with van der Waals surface area (Å²) in [6.07, 6.45) is 0. The molecule has 149 heavy (non-hydrogen) atoms. The lowest BCUT2D eigenvalue weighted by Crippen LogP contribution is -2.53. The summed E-state index contributed by atoms with van der Waals surface area (Å²) in [7, 11) is 0. The average molecular weight is 2070 g/mol. The van der Waals surface area contributed by atoms with Gasteiger partial charge in [-0.25, -0.2) is 39.9 Å². The minimum atomic E-state index is -1.57. The molecule has 0 saturated heterocycles. The maximum absolute atomic E-state index is 14.4. The Morgan fingerprint density at radius 2 is 0.456 bits per heavy atom. The molecule has 12 aromatic rings. The lowest BCUT2D eigenvalue weighted by molar-refractivity contribution is -0.136. The maximum Gasteiger partial charge on any atom is 0.250 e. The molecule has 44 nitrogen and oxygen atoms in total. The molecular weight excluding hydrogens is 1930 g/mol. The van der Waals surface area contributed by atoms with Gasteiger partial charge in [-0.3, -0.25) is 38.4 Å². The lowest BCUT2D eigenvalue weighted by Gasteiger charge is -2.33. The van der Waals surface area contributed by atoms with Crippen LogP contribution >= 0.6 is 0 Å². The van der Waals surface area contributed by atoms with E-state index in [1.54, 1.807) is 79.7 Å². The first kappa shape index (κ1) is 115. The SMILES string of the molecule is CCOCc1nc2c(NC(=O)C(C)(C)NC(=O)COCCOCC(COCCOCC(=O)NC(C)(C)C(=O)Nc3nc4ccccc4c4c3nc(COCC)n4CC(C)(C)O)(COCCOCC(=O)NC(C)(C)C(=O)Nc3nc4ccccc4c4c3nc(COCC)n4CC(C)(C)O)COCCOCC(=O)NC(C)(C)C(=O)Nc3nc4ccccc4c4c3nc(COCC)n4CC(C)(C)O)nc3ccccc3c2n1CC(C)(C)O. The lowest BCUT2D eigenvalue weighted by atomic mass is 9.92. The number of pyridine rings is 4. The summed E-state index contributed by atoms with van der Waals surface area (Å²) in [5, 5.41) is 69.9. The zero-order valence-corrected chi connectivity index (χ0v) is 88.9. The van der Waals surface area contributed by atoms with Gasteiger partial charge in [0.1, 0.15) is 120 Å². The standard InChI is InChI=1S/C105H144N20O24/c1-21-138-49-73-110-81-85(122(73)57-97(5,6)134)65-33-25-29-37-69(65)106-89(81)114-93(130)101(13,14)118-77(126)53-142-41-45-146-61-105(62-147-46-42-143-54-78(127)119-102(15,16)94(131)115-90-82-86(66-34-26-30-38-70(66)107-90)123(58-98(7,8)135)74(111-82)50-139-22-2,63-148-47-43-144-55-79(128)120-103(17,18)95(132)116-91-83-87(67-35-27-31-39-71(67)108-91)124(59-99(9,10)136)75(112-83)51-140-23-3)64-149-48-44-145-56-80(129)121-104(19,20)96(133)117-92-84-88(68-36-28-32-40-72(68)109-92)125(60-100(11,12)137)76(113-84)52-141-24-4/h25-40,134-137H,21-24,41-64H2,1-20H3,(H,118,126)(H,119,127)(H,120,128)(H,121,129)(H,106,114,130)(H,107,115,131)(H,108,116,132)(H,109,117,133). The summed E-state index contributed by atoms with van der Waals surface area (Å²) in [4.78, 5) is 152. The molecule has 0 aliphatic heterocycles. The molecule has 8 aromatic heterocycles. The molecule has 0 saturated carbocycles. The fourth-order valence-corrected chi connectivity index (χ4v) is 16.7. The van der Waals surface area contributed by atoms with Crippen LogP contribution in [0.2, 0.25) is 0 Å². The average Bonchev–Trinajstić information content (AvgIpc) is 1.62. The predicted octanol–water partition coefficient (Wildman–Crippen LogP) is 9.06. The molecule has 0 aliphatic carbocycles. The predicted molar refractivity (Wildman–Crippen MR) is 559 cm³/mol. The first-order valence-electron chi connectivity index (χ1n) is 49.9. The number of para-hydroxylation sites is 4. The van der Waals surface area contributed by atoms with Crippen LogP contribution in [0.1, 0.15) is 162 Å². The minimum Gasteiger partial charge on any atom is -0.389 e. The third-order valence-corrected chi connectivity index (χ3v) is 23.6. The summed E-state index contributed by atoms with van der Waals surface area (Å²) in [6, 6.07) is 29.3. The minimum absolute atomic E-state index is 0.104. The van der Waals surface area contributed by atoms with Gasteiger partial charge in [0.25, 0.3) is 23.6 Å². The van der Waals surface area contributed by atoms with Crippen LogP contribution in [-0.2, 0) is 148 Å². The molecule has 8 heterocycles. The number of nitrogens with one attached hydrogen (secondary N) is 8. The van der Waals surface area contributed by atoms with Crippen molar-refractivity contribution in [1.82, 2.24) is 79.4 Å². The Hall–Kier alpha value is -12.5. The highest BCUT2D eigenvalue weighted by atomic mass is 16.6. The molecule has 12 rings (SSSR count). The number of nitrogens with zero attached hydrogens (tertiary/aromatic N) is 12. The van der Waals surface area contributed by atoms with Gasteiger partial charge in [-0.1, -0.05) is 72.8 Å². The van der Waals surface area contributed by atoms with Crippen molar-refractivity contribution in [3.63, 3.8) is 0 Å². The van der Waals surface area contributed by atoms with Gasteiger partial charge in [0, 0.05) is 48.0 Å². The van der Waals surface area contributed by atoms with E-state index in [1.165, 1.54) is 55.4 Å². The van der Waals surface area contributed by atoms with Gasteiger partial charge in [0.2, 0.25) is 23.6 Å². The fourth-order valence-electron chi connectivity index (χ4n) is 16.7. The largest absolute Gasteiger partial charge is 0.389 e. The zero-order chi connectivity index (χ0) is 108. The Morgan fingerprint density at radius 1 is 0.268 bits per heavy atom. The van der Waals surface area contributed by atoms with E-state index in [4.69, 9.17) is 96.7 Å². The van der Waals surface area contributed by atoms with Crippen molar-refractivity contribution >= 4 is 158 Å². The van der Waals surface area contributed by atoms with Gasteiger partial charge in [-0.15, -0.1) is 0 Å². The first-order valence-corrected chi connectivity index (χ1v) is 49.9. The van der Waals surface area contributed by atoms with Crippen LogP contribution in [0.25, 0.3) is 87.7 Å². The highest BCUT2D eigenvalue weighted by molar-refractivity contribution is 6.15. The van der Waals surface area contributed by atoms with Crippen LogP contribution in [0.15, 0.2) is 97.1 Å². The van der Waals surface area contributed by atoms with Crippen molar-refractivity contribution < 1.29 is 116 Å². The van der Waals surface area contributed by atoms with Crippen molar-refractivity contribution in [2.45, 2.75) is 236 Å². The molecule has 0 bridgehead atoms. The van der Waals surface area contributed by atoms with Gasteiger partial charge in [0.05, 0.1) is 177 Å². The van der Waals surface area contributed by atoms with Gasteiger partial charge in [0.15, 0.2) is 23.3 Å². The molecule has 0 radical (unpaired) electrons. The summed E-state index contributed by atoms with van der Waals surface area (Å²) >= 11 is 0. The molecule has 44 heteroatoms. The van der Waals surface area contributed by atoms with E-state index >= 15 is 0 Å². The number of carbonyl (C=O) groups is 8. The molecule has 8 amide bonds. The second-order valence-corrected chi connectivity index (χ2v) is 41.4. The van der Waals surface area contributed by atoms with E-state index in [0.29, 0.717) is 116 Å². The monoisotopic (exact) mass is 2070 g/mol. The zero-order valence-electron chi connectivity index (χ0n) is 88.9. The molecule has 0 unspecified atom stereocenters. The van der Waals surface area contributed by atoms with Crippen LogP contribution < -0.4 is 42.5 Å². The number of rotatable bonds is 60. The second kappa shape index (κ2) is 50.0. The number of anilines is 4. The molecule has 808 valence electrons. The molecule has 0 fully saturated rings. The van der Waals surface area contributed by atoms with Gasteiger partial charge < -0.3 is 138 Å². The third kappa shape index (κ3) is 30.9. The Balaban J connectivity index is 0.733. The smallest absolute Gasteiger partial charge is 0.250 e. The number of aliphatic hydroxyl groups is 4. The van der Waals surface area contributed by atoms with Crippen molar-refractivity contribution in [1.29, 1.82) is 0 Å². The number of amides is 8. The highest BCUT2D eigenvalue weighted by Crippen LogP contribution is 2.39. The number of carbonyl (C=O) groups excluding carboxylic acids is 8. The summed E-state index contributed by atoms with van der Waals surface area (Å²) < 4.78 is 79.6. The van der Waals surface area contributed by atoms with Crippen LogP contribution in [0.5, 0.6) is 0 Å². The van der Waals surface area contributed by atoms with Gasteiger partial charge in [-0.05, 0) is 163 Å². The number of aromatic nitrogens is 12. The van der Waals surface area contributed by atoms with E-state index < -0.39 is 124 Å². The maximum atomic E-state index is 14.4. The molecule has 4 aromatic carbocycles. The fraction of sp³-hybridized carbons (Fsp3) is 0.543. The van der Waals surface area contributed by atoms with Crippen LogP contribution in [0, 0.1) is 5.41 Å². The Labute approximate surface area is 863 Å². The van der Waals surface area contributed by atoms with Crippen LogP contribution in [-0.4, -0.2) is 303 Å². The third-order valence-electron chi connectivity index (χ3n) is 23.6. The number of ether oxygens (including phenoxy) is 12. The van der Waals surface area contributed by atoms with E-state index in [1.807, 2.05) is 119 Å². The molecule has 0 aliphatic rings. The van der Waals surface area contributed by atoms with Gasteiger partial charge >= 0.3 is 0 Å². The Morgan fingerprint density at radius 3 is 0.644 bits per heavy atom. The number of fused-ring (bicyclic) bond motifs is 12. The van der Waals surface area contributed by atoms with Crippen molar-refractivity contribution in [3.05, 3.63) is 120 Å². The Bertz CT molecular complexity index is 5940. The molecule has 12 N–H and O–H groups in total. The quantitative estimate of drug-likeness (QED) is 0.0158. The second-order valence-electron chi connectivity index (χ2n) is 41.4. The molecular formula is C105H144N20O24. The van der Waals surface area contributed by atoms with Crippen LogP contribution in [0.4, 0.5) is 23.3 Å². The normalized spacial score (nSPS) is 12.8. The van der Waals surface area contributed by atoms with Crippen LogP contribution in [0.3, 0.4) is 0 Å². The van der Waals surface area contributed by atoms with E-state index in [9.17, 15) is 58.8 Å². The van der Waals surface area contributed by atoms with Crippen molar-refractivity contribution in [2.75, 3.05) is 153 Å². The number of imidazole rings is 4. The number of benzene rings is 4. The number of hydrogen-bond acceptors (Lipinski definition) is 32. The highest BCUT2D eigenvalue weighted by Gasteiger charge is 2.40. The van der Waals surface area contributed by atoms with E-state index in [0.717, 1.165) is 21.5 Å². The molecule has 0 spiro atoms. The van der Waals surface area contributed by atoms with Gasteiger partial charge in [-0.2, -0.15) is 0 Å². The Kier molecular flexibility index (Phi) is 38.6. The van der Waals surface area contributed by atoms with E-state index in [2.05, 4.69) is 42.5 Å². The van der Waals surface area contributed by atoms with Crippen molar-refractivity contribution in [2.24, 2.45) is 5.41 Å². The summed E-state index contributed by atoms with van der Waals surface area (Å²) in [5.74, 6) is -2.76. The summed E-state index contributed by atoms with van der Waals surface area (Å²) in [6.45, 7) is 31.2. The topological polar surface area (TPSA) is 547 Å².